The summed E-state index contributed by atoms with van der Waals surface area (Å²) in [5, 5.41) is 1.92. The highest BCUT2D eigenvalue weighted by atomic mass is 14.2. The Labute approximate surface area is 301 Å². The lowest BCUT2D eigenvalue weighted by atomic mass is 9.87. The smallest absolute Gasteiger partial charge is 0.0616 e. The number of rotatable bonds is 3. The van der Waals surface area contributed by atoms with Crippen molar-refractivity contribution in [2.24, 2.45) is 0 Å². The van der Waals surface area contributed by atoms with Crippen LogP contribution in [0, 0.1) is 0 Å². The van der Waals surface area contributed by atoms with Crippen molar-refractivity contribution < 1.29 is 23.3 Å². The second-order valence-electron chi connectivity index (χ2n) is 11.9. The average Bonchev–Trinajstić information content (AvgIpc) is 3.29. The molecule has 220 valence electrons. The van der Waals surface area contributed by atoms with Crippen molar-refractivity contribution in [3.63, 3.8) is 0 Å². The first-order valence-electron chi connectivity index (χ1n) is 23.9. The highest BCUT2D eigenvalue weighted by molar-refractivity contribution is 6.27. The molecule has 11 aromatic rings. The molecule has 0 radical (unpaired) electrons. The summed E-state index contributed by atoms with van der Waals surface area (Å²) in [5.41, 5.74) is 2.54. The minimum Gasteiger partial charge on any atom is -0.0616 e. The molecule has 0 spiro atoms. The van der Waals surface area contributed by atoms with Gasteiger partial charge in [-0.2, -0.15) is 0 Å². The van der Waals surface area contributed by atoms with Gasteiger partial charge in [-0.1, -0.05) is 157 Å². The van der Waals surface area contributed by atoms with Gasteiger partial charge in [0.1, 0.15) is 0 Å². The molecule has 0 heteroatoms. The van der Waals surface area contributed by atoms with Crippen molar-refractivity contribution in [1.29, 1.82) is 0 Å². The Morgan fingerprint density at radius 3 is 1.46 bits per heavy atom. The Bertz CT molecular complexity index is 3960. The van der Waals surface area contributed by atoms with Gasteiger partial charge in [-0.25, -0.2) is 0 Å². The largest absolute Gasteiger partial charge is 0.0630 e. The van der Waals surface area contributed by atoms with E-state index < -0.39 is 72.5 Å². The highest BCUT2D eigenvalue weighted by Gasteiger charge is 2.16. The first-order valence-corrected chi connectivity index (χ1v) is 15.4. The van der Waals surface area contributed by atoms with Crippen LogP contribution in [0.1, 0.15) is 23.3 Å². The molecule has 0 saturated heterocycles. The van der Waals surface area contributed by atoms with E-state index in [1.807, 2.05) is 24.3 Å². The van der Waals surface area contributed by atoms with Crippen molar-refractivity contribution in [3.05, 3.63) is 169 Å². The zero-order chi connectivity index (χ0) is 46.1. The summed E-state index contributed by atoms with van der Waals surface area (Å²) in [4.78, 5) is 0. The molecule has 0 atom stereocenters. The van der Waals surface area contributed by atoms with Crippen molar-refractivity contribution in [2.45, 2.75) is 0 Å². The molecule has 0 aliphatic heterocycles. The Kier molecular flexibility index (Phi) is 2.95. The Hall–Kier alpha value is -6.24. The maximum Gasteiger partial charge on any atom is 0.0630 e. The minimum atomic E-state index is -0.549. The van der Waals surface area contributed by atoms with Crippen LogP contribution in [0.3, 0.4) is 0 Å². The second kappa shape index (κ2) is 9.64. The molecule has 0 nitrogen and oxygen atoms in total. The van der Waals surface area contributed by atoms with Crippen molar-refractivity contribution >= 4 is 75.4 Å². The number of hydrogen-bond donors (Lipinski definition) is 0. The minimum absolute atomic E-state index is 0.0458. The maximum absolute atomic E-state index is 9.39. The third kappa shape index (κ3) is 3.60. The molecule has 0 saturated carbocycles. The first kappa shape index (κ1) is 14.7. The van der Waals surface area contributed by atoms with Crippen LogP contribution in [-0.2, 0) is 0 Å². The van der Waals surface area contributed by atoms with Crippen LogP contribution in [0.25, 0.3) is 109 Å². The van der Waals surface area contributed by atoms with Gasteiger partial charge in [-0.15, -0.1) is 0 Å². The van der Waals surface area contributed by atoms with E-state index >= 15 is 0 Å². The molecule has 0 amide bonds. The van der Waals surface area contributed by atoms with E-state index in [2.05, 4.69) is 0 Å². The van der Waals surface area contributed by atoms with Gasteiger partial charge in [-0.3, -0.25) is 0 Å². The van der Waals surface area contributed by atoms with Gasteiger partial charge in [0.15, 0.2) is 0 Å². The quantitative estimate of drug-likeness (QED) is 0.172. The molecule has 0 fully saturated rings. The molecule has 48 heavy (non-hydrogen) atoms. The van der Waals surface area contributed by atoms with Gasteiger partial charge in [-0.05, 0) is 121 Å². The zero-order valence-corrected chi connectivity index (χ0v) is 24.9. The lowest BCUT2D eigenvalue weighted by molar-refractivity contribution is 1.62. The van der Waals surface area contributed by atoms with E-state index in [-0.39, 0.29) is 106 Å². The van der Waals surface area contributed by atoms with Crippen molar-refractivity contribution in [2.75, 3.05) is 0 Å². The summed E-state index contributed by atoms with van der Waals surface area (Å²) in [6.45, 7) is 0. The van der Waals surface area contributed by atoms with Gasteiger partial charge in [0.2, 0.25) is 0 Å². The van der Waals surface area contributed by atoms with Crippen LogP contribution in [0.5, 0.6) is 0 Å². The standard InChI is InChI=1S/C48H28/c1-2-10-39-37(5-1)27-38(41-24-20-36-18-16-32-7-4-9-34-22-26-43(41)48(36)46(32)34)28-44(39)30-13-11-29(12-14-30)40-23-19-35-17-15-31-6-3-8-33-21-25-42(40)47(35)45(31)33/h1-28H/i3D,4D,6D,7D,8D,9D,15D,16D,17D,18D,20D,21D,22D,23D,24D,25D,26D. The molecule has 0 unspecified atom stereocenters. The molecule has 0 aromatic heterocycles. The fourth-order valence-electron chi connectivity index (χ4n) is 7.15. The van der Waals surface area contributed by atoms with Crippen LogP contribution in [0.2, 0.25) is 0 Å². The van der Waals surface area contributed by atoms with E-state index in [0.29, 0.717) is 27.6 Å². The van der Waals surface area contributed by atoms with E-state index in [9.17, 15) is 6.85 Å². The van der Waals surface area contributed by atoms with Crippen molar-refractivity contribution in [1.82, 2.24) is 0 Å². The van der Waals surface area contributed by atoms with Gasteiger partial charge in [0.25, 0.3) is 0 Å². The summed E-state index contributed by atoms with van der Waals surface area (Å²) in [6, 6.07) is 12.7. The predicted molar refractivity (Wildman–Crippen MR) is 208 cm³/mol. The SMILES string of the molecule is [2H]c1cc2c([2H])c([2H])c3c([2H])c([2H])c([2H])c4c([2H])c([2H])c(c1-c1ccc(-c5cc(-c6c([2H])c([2H])c7c([2H])c([2H])c8c([2H])c([2H])c([2H])c9c([2H])c([2H])c6c7c89)cc6ccccc56)cc1)c2c34. The Balaban J connectivity index is 1.18. The average molecular weight is 622 g/mol. The first-order chi connectivity index (χ1) is 30.9. The molecule has 0 bridgehead atoms. The lowest BCUT2D eigenvalue weighted by Gasteiger charge is -2.16. The number of hydrogen-bond acceptors (Lipinski definition) is 0. The zero-order valence-electron chi connectivity index (χ0n) is 41.9. The van der Waals surface area contributed by atoms with Gasteiger partial charge in [0.05, 0.1) is 23.3 Å². The Morgan fingerprint density at radius 2 is 0.792 bits per heavy atom. The maximum atomic E-state index is 9.39. The number of fused-ring (bicyclic) bond motifs is 1. The molecule has 11 aromatic carbocycles. The van der Waals surface area contributed by atoms with Gasteiger partial charge < -0.3 is 0 Å². The van der Waals surface area contributed by atoms with Crippen LogP contribution in [-0.4, -0.2) is 0 Å². The second-order valence-corrected chi connectivity index (χ2v) is 11.9. The van der Waals surface area contributed by atoms with Crippen molar-refractivity contribution in [3.8, 4) is 33.4 Å². The van der Waals surface area contributed by atoms with Gasteiger partial charge >= 0.3 is 0 Å². The normalized spacial score (nSPS) is 17.1. The van der Waals surface area contributed by atoms with Crippen LogP contribution < -0.4 is 0 Å². The molecule has 0 heterocycles. The fourth-order valence-corrected chi connectivity index (χ4v) is 7.15. The summed E-state index contributed by atoms with van der Waals surface area (Å²) >= 11 is 0. The van der Waals surface area contributed by atoms with E-state index in [4.69, 9.17) is 16.4 Å². The molecule has 0 aliphatic carbocycles. The van der Waals surface area contributed by atoms with E-state index in [1.165, 1.54) is 6.07 Å². The molecule has 0 N–H and O–H groups in total. The third-order valence-corrected chi connectivity index (χ3v) is 9.34. The van der Waals surface area contributed by atoms with Crippen LogP contribution in [0.4, 0.5) is 0 Å². The predicted octanol–water partition coefficient (Wildman–Crippen LogP) is 13.6. The number of benzene rings is 11. The fraction of sp³-hybridized carbons (Fsp3) is 0. The third-order valence-electron chi connectivity index (χ3n) is 9.34. The lowest BCUT2D eigenvalue weighted by Crippen LogP contribution is -1.90. The summed E-state index contributed by atoms with van der Waals surface area (Å²) < 4.78 is 152. The molecular formula is C48H28. The monoisotopic (exact) mass is 621 g/mol. The highest BCUT2D eigenvalue weighted by Crippen LogP contribution is 2.43. The molecular weight excluding hydrogens is 577 g/mol. The van der Waals surface area contributed by atoms with Crippen LogP contribution >= 0.6 is 0 Å². The van der Waals surface area contributed by atoms with E-state index in [0.717, 1.165) is 5.39 Å². The van der Waals surface area contributed by atoms with Gasteiger partial charge in [0, 0.05) is 0 Å². The molecule has 0 aliphatic rings. The van der Waals surface area contributed by atoms with Crippen LogP contribution in [0.15, 0.2) is 169 Å². The summed E-state index contributed by atoms with van der Waals surface area (Å²) in [7, 11) is 0. The summed E-state index contributed by atoms with van der Waals surface area (Å²) in [5.74, 6) is 0. The molecule has 11 rings (SSSR count). The summed E-state index contributed by atoms with van der Waals surface area (Å²) in [6.07, 6.45) is 0. The van der Waals surface area contributed by atoms with E-state index in [1.54, 1.807) is 36.4 Å². The topological polar surface area (TPSA) is 0 Å². The Morgan fingerprint density at radius 1 is 0.292 bits per heavy atom.